The molecule has 0 atom stereocenters. The molecule has 1 heterocycles. The number of para-hydroxylation sites is 1. The van der Waals surface area contributed by atoms with Gasteiger partial charge >= 0.3 is 0 Å². The summed E-state index contributed by atoms with van der Waals surface area (Å²) in [5, 5.41) is 3.23. The zero-order valence-electron chi connectivity index (χ0n) is 15.4. The van der Waals surface area contributed by atoms with Crippen LogP contribution >= 0.6 is 23.2 Å². The Bertz CT molecular complexity index is 1010. The average molecular weight is 435 g/mol. The highest BCUT2D eigenvalue weighted by molar-refractivity contribution is 6.39. The van der Waals surface area contributed by atoms with Crippen molar-refractivity contribution >= 4 is 40.7 Å². The van der Waals surface area contributed by atoms with Crippen molar-refractivity contribution in [3.05, 3.63) is 76.2 Å². The van der Waals surface area contributed by atoms with Crippen LogP contribution in [0.4, 0.5) is 10.1 Å². The second kappa shape index (κ2) is 9.11. The normalized spacial score (nSPS) is 10.6. The zero-order valence-corrected chi connectivity index (χ0v) is 16.9. The van der Waals surface area contributed by atoms with Crippen molar-refractivity contribution in [3.63, 3.8) is 0 Å². The third-order valence-corrected chi connectivity index (χ3v) is 4.81. The van der Waals surface area contributed by atoms with Crippen LogP contribution in [-0.2, 0) is 4.79 Å². The van der Waals surface area contributed by atoms with E-state index in [4.69, 9.17) is 27.6 Å². The first-order chi connectivity index (χ1) is 13.9. The fraction of sp³-hybridized carbons (Fsp3) is 0.143. The molecule has 0 radical (unpaired) electrons. The second-order valence-corrected chi connectivity index (χ2v) is 6.95. The molecule has 2 aromatic carbocycles. The first kappa shape index (κ1) is 20.9. The Morgan fingerprint density at radius 1 is 1.03 bits per heavy atom. The molecular formula is C21H17Cl2FN2O3. The molecule has 1 N–H and O–H groups in total. The number of rotatable bonds is 6. The van der Waals surface area contributed by atoms with E-state index in [1.54, 1.807) is 43.3 Å². The predicted molar refractivity (Wildman–Crippen MR) is 111 cm³/mol. The quantitative estimate of drug-likeness (QED) is 0.557. The van der Waals surface area contributed by atoms with Gasteiger partial charge in [-0.3, -0.25) is 9.59 Å². The molecule has 0 aliphatic rings. The van der Waals surface area contributed by atoms with E-state index in [1.165, 1.54) is 23.1 Å². The lowest BCUT2D eigenvalue weighted by Crippen LogP contribution is -2.37. The molecule has 0 bridgehead atoms. The molecule has 1 aromatic heterocycles. The predicted octanol–water partition coefficient (Wildman–Crippen LogP) is 5.49. The lowest BCUT2D eigenvalue weighted by Gasteiger charge is -2.19. The van der Waals surface area contributed by atoms with E-state index >= 15 is 0 Å². The minimum atomic E-state index is -0.444. The van der Waals surface area contributed by atoms with Crippen LogP contribution in [-0.4, -0.2) is 29.8 Å². The molecule has 0 fully saturated rings. The van der Waals surface area contributed by atoms with Crippen LogP contribution in [0.1, 0.15) is 17.5 Å². The van der Waals surface area contributed by atoms with Gasteiger partial charge in [-0.25, -0.2) is 4.39 Å². The minimum Gasteiger partial charge on any atom is -0.451 e. The Kier molecular flexibility index (Phi) is 6.56. The van der Waals surface area contributed by atoms with Gasteiger partial charge in [0.25, 0.3) is 5.91 Å². The molecule has 0 saturated carbocycles. The van der Waals surface area contributed by atoms with Crippen LogP contribution in [0.5, 0.6) is 0 Å². The summed E-state index contributed by atoms with van der Waals surface area (Å²) in [6, 6.07) is 13.7. The number of nitrogens with one attached hydrogen (secondary N) is 1. The standard InChI is InChI=1S/C21H17Cl2FN2O3/c1-2-26(12-19(27)25-20-15(22)4-3-5-16(20)23)21(28)18-11-10-17(29-18)13-6-8-14(24)9-7-13/h3-11H,2,12H2,1H3,(H,25,27). The number of hydrogen-bond acceptors (Lipinski definition) is 3. The molecule has 0 aliphatic carbocycles. The van der Waals surface area contributed by atoms with Gasteiger partial charge in [0.15, 0.2) is 5.76 Å². The number of furan rings is 1. The van der Waals surface area contributed by atoms with Crippen molar-refractivity contribution in [1.29, 1.82) is 0 Å². The SMILES string of the molecule is CCN(CC(=O)Nc1c(Cl)cccc1Cl)C(=O)c1ccc(-c2ccc(F)cc2)o1. The fourth-order valence-corrected chi connectivity index (χ4v) is 3.17. The topological polar surface area (TPSA) is 62.6 Å². The average Bonchev–Trinajstić information content (AvgIpc) is 3.19. The molecule has 3 aromatic rings. The number of amides is 2. The first-order valence-corrected chi connectivity index (χ1v) is 9.53. The molecule has 150 valence electrons. The molecule has 0 unspecified atom stereocenters. The summed E-state index contributed by atoms with van der Waals surface area (Å²) in [7, 11) is 0. The molecule has 0 saturated heterocycles. The molecule has 0 spiro atoms. The number of carbonyl (C=O) groups is 2. The van der Waals surface area contributed by atoms with Gasteiger partial charge in [-0.05, 0) is 55.5 Å². The fourth-order valence-electron chi connectivity index (χ4n) is 2.67. The Morgan fingerprint density at radius 2 is 1.69 bits per heavy atom. The van der Waals surface area contributed by atoms with Gasteiger partial charge < -0.3 is 14.6 Å². The van der Waals surface area contributed by atoms with E-state index in [1.807, 2.05) is 0 Å². The van der Waals surface area contributed by atoms with Crippen molar-refractivity contribution in [3.8, 4) is 11.3 Å². The molecule has 0 aliphatic heterocycles. The minimum absolute atomic E-state index is 0.0785. The highest BCUT2D eigenvalue weighted by Gasteiger charge is 2.21. The van der Waals surface area contributed by atoms with Gasteiger partial charge in [-0.2, -0.15) is 0 Å². The zero-order chi connectivity index (χ0) is 21.0. The largest absolute Gasteiger partial charge is 0.451 e. The maximum absolute atomic E-state index is 13.1. The summed E-state index contributed by atoms with van der Waals surface area (Å²) in [4.78, 5) is 26.5. The van der Waals surface area contributed by atoms with Gasteiger partial charge in [-0.1, -0.05) is 29.3 Å². The number of likely N-dealkylation sites (N-methyl/N-ethyl adjacent to an activating group) is 1. The molecular weight excluding hydrogens is 418 g/mol. The summed E-state index contributed by atoms with van der Waals surface area (Å²) in [6.07, 6.45) is 0. The number of benzene rings is 2. The Balaban J connectivity index is 1.70. The van der Waals surface area contributed by atoms with Gasteiger partial charge in [-0.15, -0.1) is 0 Å². The van der Waals surface area contributed by atoms with Crippen LogP contribution in [0.3, 0.4) is 0 Å². The van der Waals surface area contributed by atoms with Gasteiger partial charge in [0, 0.05) is 12.1 Å². The maximum Gasteiger partial charge on any atom is 0.290 e. The van der Waals surface area contributed by atoms with E-state index in [-0.39, 0.29) is 24.7 Å². The van der Waals surface area contributed by atoms with E-state index in [0.29, 0.717) is 27.1 Å². The number of hydrogen-bond donors (Lipinski definition) is 1. The molecule has 3 rings (SSSR count). The number of halogens is 3. The van der Waals surface area contributed by atoms with E-state index in [0.717, 1.165) is 0 Å². The third-order valence-electron chi connectivity index (χ3n) is 4.18. The lowest BCUT2D eigenvalue weighted by atomic mass is 10.2. The third kappa shape index (κ3) is 4.96. The van der Waals surface area contributed by atoms with Crippen LogP contribution in [0, 0.1) is 5.82 Å². The Hall–Kier alpha value is -2.83. The van der Waals surface area contributed by atoms with E-state index in [9.17, 15) is 14.0 Å². The van der Waals surface area contributed by atoms with Crippen LogP contribution in [0.15, 0.2) is 59.0 Å². The van der Waals surface area contributed by atoms with Crippen molar-refractivity contribution < 1.29 is 18.4 Å². The molecule has 5 nitrogen and oxygen atoms in total. The Morgan fingerprint density at radius 3 is 2.31 bits per heavy atom. The monoisotopic (exact) mass is 434 g/mol. The van der Waals surface area contributed by atoms with Gasteiger partial charge in [0.2, 0.25) is 5.91 Å². The van der Waals surface area contributed by atoms with Gasteiger partial charge in [0.1, 0.15) is 18.1 Å². The summed E-state index contributed by atoms with van der Waals surface area (Å²) < 4.78 is 18.7. The number of carbonyl (C=O) groups excluding carboxylic acids is 2. The molecule has 8 heteroatoms. The van der Waals surface area contributed by atoms with Crippen molar-refractivity contribution in [2.24, 2.45) is 0 Å². The number of anilines is 1. The molecule has 2 amide bonds. The summed E-state index contributed by atoms with van der Waals surface area (Å²) in [5.41, 5.74) is 0.931. The summed E-state index contributed by atoms with van der Waals surface area (Å²) >= 11 is 12.1. The maximum atomic E-state index is 13.1. The van der Waals surface area contributed by atoms with Crippen molar-refractivity contribution in [1.82, 2.24) is 4.90 Å². The summed E-state index contributed by atoms with van der Waals surface area (Å²) in [6.45, 7) is 1.83. The highest BCUT2D eigenvalue weighted by Crippen LogP contribution is 2.29. The molecule has 29 heavy (non-hydrogen) atoms. The number of nitrogens with zero attached hydrogens (tertiary/aromatic N) is 1. The summed E-state index contributed by atoms with van der Waals surface area (Å²) in [5.74, 6) is -0.744. The smallest absolute Gasteiger partial charge is 0.290 e. The second-order valence-electron chi connectivity index (χ2n) is 6.13. The lowest BCUT2D eigenvalue weighted by molar-refractivity contribution is -0.116. The van der Waals surface area contributed by atoms with Crippen LogP contribution in [0.2, 0.25) is 10.0 Å². The first-order valence-electron chi connectivity index (χ1n) is 8.78. The van der Waals surface area contributed by atoms with Crippen LogP contribution < -0.4 is 5.32 Å². The van der Waals surface area contributed by atoms with Gasteiger partial charge in [0.05, 0.1) is 15.7 Å². The van der Waals surface area contributed by atoms with Crippen molar-refractivity contribution in [2.75, 3.05) is 18.4 Å². The van der Waals surface area contributed by atoms with E-state index in [2.05, 4.69) is 5.32 Å². The van der Waals surface area contributed by atoms with E-state index < -0.39 is 11.8 Å². The highest BCUT2D eigenvalue weighted by atomic mass is 35.5. The van der Waals surface area contributed by atoms with Crippen LogP contribution in [0.25, 0.3) is 11.3 Å². The van der Waals surface area contributed by atoms with Crippen molar-refractivity contribution in [2.45, 2.75) is 6.92 Å². The Labute approximate surface area is 177 Å².